The fourth-order valence-electron chi connectivity index (χ4n) is 8.45. The lowest BCUT2D eigenvalue weighted by Crippen LogP contribution is -2.01. The molecule has 7 aromatic carbocycles. The SMILES string of the molecule is c1ccc(-c2nc(-n3c4ccc5ccccc5c4c4c5c6ccccc6n6c7ccccc7c(cc43)c56)c3sc4ccccc4c3n2)cc1. The number of hydrogen-bond donors (Lipinski definition) is 0. The van der Waals surface area contributed by atoms with Crippen molar-refractivity contribution in [1.82, 2.24) is 18.9 Å². The maximum Gasteiger partial charge on any atom is 0.162 e. The zero-order valence-electron chi connectivity index (χ0n) is 26.1. The summed E-state index contributed by atoms with van der Waals surface area (Å²) in [6.45, 7) is 0. The molecule has 0 aliphatic carbocycles. The van der Waals surface area contributed by atoms with E-state index >= 15 is 0 Å². The molecule has 0 atom stereocenters. The Hall–Kier alpha value is -6.30. The van der Waals surface area contributed by atoms with Gasteiger partial charge in [-0.15, -0.1) is 11.3 Å². The molecule has 49 heavy (non-hydrogen) atoms. The second-order valence-corrected chi connectivity index (χ2v) is 14.0. The van der Waals surface area contributed by atoms with Crippen LogP contribution in [0.1, 0.15) is 0 Å². The van der Waals surface area contributed by atoms with Crippen LogP contribution < -0.4 is 0 Å². The van der Waals surface area contributed by atoms with Crippen LogP contribution in [0.15, 0.2) is 146 Å². The summed E-state index contributed by atoms with van der Waals surface area (Å²) >= 11 is 1.78. The molecular formula is C44H24N4S. The van der Waals surface area contributed by atoms with Gasteiger partial charge in [0, 0.05) is 48.0 Å². The van der Waals surface area contributed by atoms with Gasteiger partial charge >= 0.3 is 0 Å². The van der Waals surface area contributed by atoms with Gasteiger partial charge in [0.1, 0.15) is 0 Å². The summed E-state index contributed by atoms with van der Waals surface area (Å²) < 4.78 is 7.21. The van der Waals surface area contributed by atoms with Gasteiger partial charge in [-0.1, -0.05) is 115 Å². The van der Waals surface area contributed by atoms with Gasteiger partial charge < -0.3 is 4.40 Å². The Morgan fingerprint density at radius 3 is 2.02 bits per heavy atom. The highest BCUT2D eigenvalue weighted by molar-refractivity contribution is 7.26. The topological polar surface area (TPSA) is 35.1 Å². The number of para-hydroxylation sites is 2. The summed E-state index contributed by atoms with van der Waals surface area (Å²) in [6, 6.07) is 52.5. The molecule has 5 aromatic heterocycles. The van der Waals surface area contributed by atoms with E-state index in [1.807, 2.05) is 6.07 Å². The average Bonchev–Trinajstić information content (AvgIpc) is 3.90. The molecule has 12 aromatic rings. The molecule has 0 saturated carbocycles. The summed E-state index contributed by atoms with van der Waals surface area (Å²) in [5.74, 6) is 1.65. The van der Waals surface area contributed by atoms with Gasteiger partial charge in [0.2, 0.25) is 0 Å². The maximum atomic E-state index is 5.49. The van der Waals surface area contributed by atoms with Crippen LogP contribution in [0.3, 0.4) is 0 Å². The molecule has 4 nitrogen and oxygen atoms in total. The highest BCUT2D eigenvalue weighted by Gasteiger charge is 2.27. The molecule has 0 unspecified atom stereocenters. The summed E-state index contributed by atoms with van der Waals surface area (Å²) in [7, 11) is 0. The fourth-order valence-corrected chi connectivity index (χ4v) is 9.57. The van der Waals surface area contributed by atoms with Crippen molar-refractivity contribution in [1.29, 1.82) is 0 Å². The minimum atomic E-state index is 0.731. The van der Waals surface area contributed by atoms with Gasteiger partial charge in [-0.2, -0.15) is 0 Å². The van der Waals surface area contributed by atoms with Crippen LogP contribution in [0.5, 0.6) is 0 Å². The van der Waals surface area contributed by atoms with Crippen LogP contribution in [0.4, 0.5) is 0 Å². The molecule has 0 saturated heterocycles. The smallest absolute Gasteiger partial charge is 0.162 e. The van der Waals surface area contributed by atoms with Crippen LogP contribution >= 0.6 is 11.3 Å². The third-order valence-electron chi connectivity index (χ3n) is 10.4. The zero-order chi connectivity index (χ0) is 31.8. The lowest BCUT2D eigenvalue weighted by atomic mass is 9.99. The summed E-state index contributed by atoms with van der Waals surface area (Å²) in [4.78, 5) is 10.7. The van der Waals surface area contributed by atoms with Gasteiger partial charge in [-0.05, 0) is 41.1 Å². The van der Waals surface area contributed by atoms with Crippen molar-refractivity contribution in [2.75, 3.05) is 0 Å². The Labute approximate surface area is 283 Å². The third kappa shape index (κ3) is 3.23. The number of thiophene rings is 1. The van der Waals surface area contributed by atoms with Crippen molar-refractivity contribution in [3.63, 3.8) is 0 Å². The molecular weight excluding hydrogens is 617 g/mol. The molecule has 5 heteroatoms. The van der Waals surface area contributed by atoms with Gasteiger partial charge in [-0.25, -0.2) is 9.97 Å². The van der Waals surface area contributed by atoms with Crippen molar-refractivity contribution >= 4 is 102 Å². The molecule has 226 valence electrons. The van der Waals surface area contributed by atoms with Gasteiger partial charge in [0.15, 0.2) is 11.6 Å². The largest absolute Gasteiger partial charge is 0.308 e. The van der Waals surface area contributed by atoms with Crippen LogP contribution in [-0.4, -0.2) is 18.9 Å². The fraction of sp³-hybridized carbons (Fsp3) is 0. The van der Waals surface area contributed by atoms with E-state index in [4.69, 9.17) is 9.97 Å². The van der Waals surface area contributed by atoms with Gasteiger partial charge in [0.25, 0.3) is 0 Å². The second-order valence-electron chi connectivity index (χ2n) is 12.9. The lowest BCUT2D eigenvalue weighted by molar-refractivity contribution is 1.08. The minimum absolute atomic E-state index is 0.731. The number of hydrogen-bond acceptors (Lipinski definition) is 3. The van der Waals surface area contributed by atoms with E-state index in [1.165, 1.54) is 64.3 Å². The van der Waals surface area contributed by atoms with E-state index < -0.39 is 0 Å². The lowest BCUT2D eigenvalue weighted by Gasteiger charge is -2.11. The van der Waals surface area contributed by atoms with Crippen LogP contribution in [0, 0.1) is 0 Å². The molecule has 0 aliphatic rings. The van der Waals surface area contributed by atoms with Crippen LogP contribution in [0.2, 0.25) is 0 Å². The van der Waals surface area contributed by atoms with Crippen molar-refractivity contribution in [3.8, 4) is 17.2 Å². The van der Waals surface area contributed by atoms with Crippen LogP contribution in [0.25, 0.3) is 108 Å². The molecule has 0 fully saturated rings. The number of nitrogens with zero attached hydrogens (tertiary/aromatic N) is 4. The Morgan fingerprint density at radius 2 is 1.16 bits per heavy atom. The van der Waals surface area contributed by atoms with E-state index in [2.05, 4.69) is 148 Å². The number of fused-ring (bicyclic) bond motifs is 15. The van der Waals surface area contributed by atoms with Gasteiger partial charge in [-0.3, -0.25) is 4.57 Å². The van der Waals surface area contributed by atoms with E-state index in [0.717, 1.165) is 43.8 Å². The summed E-state index contributed by atoms with van der Waals surface area (Å²) in [5.41, 5.74) is 8.05. The van der Waals surface area contributed by atoms with E-state index in [-0.39, 0.29) is 0 Å². The predicted molar refractivity (Wildman–Crippen MR) is 207 cm³/mol. The Morgan fingerprint density at radius 1 is 0.469 bits per heavy atom. The molecule has 0 radical (unpaired) electrons. The van der Waals surface area contributed by atoms with E-state index in [0.29, 0.717) is 0 Å². The Kier molecular flexibility index (Phi) is 4.83. The van der Waals surface area contributed by atoms with Crippen LogP contribution in [-0.2, 0) is 0 Å². The standard InChI is InChI=1S/C44H24N4S/c1-2-13-26(14-3-1)43-45-40-30-18-8-11-21-36(30)49-42(40)44(46-43)48-34-23-22-25-12-4-5-15-27(25)37(34)39-35(48)24-31-28-16-6-9-19-32(28)47-33-20-10-7-17-29(33)38(39)41(31)47/h1-24H. The van der Waals surface area contributed by atoms with Crippen molar-refractivity contribution in [2.45, 2.75) is 0 Å². The predicted octanol–water partition coefficient (Wildman–Crippen LogP) is 11.9. The first-order chi connectivity index (χ1) is 24.3. The normalized spacial score (nSPS) is 12.5. The molecule has 0 amide bonds. The van der Waals surface area contributed by atoms with Crippen molar-refractivity contribution in [3.05, 3.63) is 146 Å². The minimum Gasteiger partial charge on any atom is -0.308 e. The number of benzene rings is 7. The molecule has 5 heterocycles. The number of aromatic nitrogens is 4. The van der Waals surface area contributed by atoms with E-state index in [9.17, 15) is 0 Å². The Balaban J connectivity index is 1.38. The number of rotatable bonds is 2. The molecule has 0 aliphatic heterocycles. The molecule has 12 rings (SSSR count). The zero-order valence-corrected chi connectivity index (χ0v) is 26.9. The first-order valence-corrected chi connectivity index (χ1v) is 17.4. The van der Waals surface area contributed by atoms with Crippen molar-refractivity contribution in [2.24, 2.45) is 0 Å². The highest BCUT2D eigenvalue weighted by atomic mass is 32.1. The van der Waals surface area contributed by atoms with E-state index in [1.54, 1.807) is 11.3 Å². The molecule has 0 bridgehead atoms. The third-order valence-corrected chi connectivity index (χ3v) is 11.6. The summed E-state index contributed by atoms with van der Waals surface area (Å²) in [6.07, 6.45) is 0. The molecule has 0 spiro atoms. The maximum absolute atomic E-state index is 5.49. The highest BCUT2D eigenvalue weighted by Crippen LogP contribution is 2.49. The Bertz CT molecular complexity index is 3330. The molecule has 0 N–H and O–H groups in total. The second kappa shape index (κ2) is 9.19. The quantitative estimate of drug-likeness (QED) is 0.188. The van der Waals surface area contributed by atoms with Crippen molar-refractivity contribution < 1.29 is 0 Å². The summed E-state index contributed by atoms with van der Waals surface area (Å²) in [5, 5.41) is 11.2. The van der Waals surface area contributed by atoms with Gasteiger partial charge in [0.05, 0.1) is 37.8 Å². The monoisotopic (exact) mass is 640 g/mol. The first kappa shape index (κ1) is 25.7. The first-order valence-electron chi connectivity index (χ1n) is 16.6. The average molecular weight is 641 g/mol.